The summed E-state index contributed by atoms with van der Waals surface area (Å²) in [6.07, 6.45) is 5.10. The summed E-state index contributed by atoms with van der Waals surface area (Å²) in [4.78, 5) is 21.7. The van der Waals surface area contributed by atoms with Crippen molar-refractivity contribution in [2.75, 3.05) is 0 Å². The molecule has 0 aliphatic rings. The molecule has 0 aliphatic heterocycles. The van der Waals surface area contributed by atoms with Crippen LogP contribution in [0, 0.1) is 0 Å². The molecule has 16 heavy (non-hydrogen) atoms. The van der Waals surface area contributed by atoms with Gasteiger partial charge in [-0.05, 0) is 12.2 Å². The summed E-state index contributed by atoms with van der Waals surface area (Å²) in [5.74, 6) is -2.17. The van der Waals surface area contributed by atoms with Crippen molar-refractivity contribution in [3.8, 4) is 0 Å². The number of hydrogen-bond acceptors (Lipinski definition) is 3. The zero-order chi connectivity index (χ0) is 12.6. The fourth-order valence-corrected chi connectivity index (χ4v) is 0.848. The lowest BCUT2D eigenvalue weighted by atomic mass is 9.94. The van der Waals surface area contributed by atoms with E-state index in [1.807, 2.05) is 0 Å². The second-order valence-corrected chi connectivity index (χ2v) is 2.68. The predicted octanol–water partition coefficient (Wildman–Crippen LogP) is 0.872. The van der Waals surface area contributed by atoms with Crippen LogP contribution in [0.4, 0.5) is 4.79 Å². The SMILES string of the molecule is C=C/C=C(O)\C(=C/C=C)C(=O)NBC(=O)O. The average molecular weight is 221 g/mol. The Balaban J connectivity index is 4.80. The van der Waals surface area contributed by atoms with Gasteiger partial charge in [-0.2, -0.15) is 0 Å². The van der Waals surface area contributed by atoms with Crippen LogP contribution >= 0.6 is 0 Å². The second kappa shape index (κ2) is 7.11. The van der Waals surface area contributed by atoms with E-state index in [1.165, 1.54) is 24.3 Å². The van der Waals surface area contributed by atoms with Gasteiger partial charge in [-0.3, -0.25) is 9.59 Å². The summed E-state index contributed by atoms with van der Waals surface area (Å²) in [6, 6.07) is 0. The fraction of sp³-hybridized carbons (Fsp3) is 0. The summed E-state index contributed by atoms with van der Waals surface area (Å²) < 4.78 is 0. The number of amides is 1. The molecule has 0 spiro atoms. The fourth-order valence-electron chi connectivity index (χ4n) is 0.848. The molecule has 0 heterocycles. The first-order valence-corrected chi connectivity index (χ1v) is 4.37. The molecule has 6 heteroatoms. The van der Waals surface area contributed by atoms with Gasteiger partial charge in [0.05, 0.1) is 5.57 Å². The van der Waals surface area contributed by atoms with Gasteiger partial charge >= 0.3 is 7.41 Å². The molecule has 84 valence electrons. The number of carboxylic acid groups (broad SMARTS) is 1. The van der Waals surface area contributed by atoms with Crippen LogP contribution in [-0.2, 0) is 4.79 Å². The van der Waals surface area contributed by atoms with Crippen LogP contribution in [0.3, 0.4) is 0 Å². The smallest absolute Gasteiger partial charge is 0.370 e. The Morgan fingerprint density at radius 3 is 2.12 bits per heavy atom. The molecule has 0 bridgehead atoms. The average Bonchev–Trinajstić information content (AvgIpc) is 2.22. The van der Waals surface area contributed by atoms with Gasteiger partial charge in [0, 0.05) is 0 Å². The highest BCUT2D eigenvalue weighted by atomic mass is 16.4. The quantitative estimate of drug-likeness (QED) is 0.269. The summed E-state index contributed by atoms with van der Waals surface area (Å²) in [5, 5.41) is 19.9. The van der Waals surface area contributed by atoms with Crippen molar-refractivity contribution in [3.05, 3.63) is 48.8 Å². The van der Waals surface area contributed by atoms with Gasteiger partial charge in [0.2, 0.25) is 5.91 Å². The first-order chi connectivity index (χ1) is 7.52. The number of rotatable bonds is 6. The van der Waals surface area contributed by atoms with E-state index in [9.17, 15) is 14.7 Å². The number of nitrogens with one attached hydrogen (secondary N) is 1. The van der Waals surface area contributed by atoms with Gasteiger partial charge in [0.15, 0.2) is 0 Å². The minimum atomic E-state index is -1.17. The third kappa shape index (κ3) is 4.85. The lowest BCUT2D eigenvalue weighted by Crippen LogP contribution is -2.33. The lowest BCUT2D eigenvalue weighted by Gasteiger charge is -2.05. The Labute approximate surface area is 93.7 Å². The molecule has 1 amide bonds. The summed E-state index contributed by atoms with van der Waals surface area (Å²) >= 11 is 0. The maximum Gasteiger partial charge on any atom is 0.370 e. The Bertz CT molecular complexity index is 371. The van der Waals surface area contributed by atoms with Crippen LogP contribution in [0.5, 0.6) is 0 Å². The highest BCUT2D eigenvalue weighted by Crippen LogP contribution is 2.07. The van der Waals surface area contributed by atoms with Gasteiger partial charge in [-0.25, -0.2) is 0 Å². The van der Waals surface area contributed by atoms with Crippen molar-refractivity contribution < 1.29 is 19.8 Å². The number of aliphatic hydroxyl groups excluding tert-OH is 1. The van der Waals surface area contributed by atoms with E-state index in [0.717, 1.165) is 0 Å². The van der Waals surface area contributed by atoms with Crippen LogP contribution in [0.2, 0.25) is 0 Å². The molecule has 0 atom stereocenters. The van der Waals surface area contributed by atoms with Crippen molar-refractivity contribution in [1.82, 2.24) is 5.23 Å². The van der Waals surface area contributed by atoms with Crippen molar-refractivity contribution >= 4 is 19.2 Å². The molecular formula is C10H12BNO4. The number of carbonyl (C=O) groups excluding carboxylic acids is 1. The largest absolute Gasteiger partial charge is 0.507 e. The van der Waals surface area contributed by atoms with Crippen LogP contribution < -0.4 is 5.23 Å². The van der Waals surface area contributed by atoms with Gasteiger partial charge in [-0.1, -0.05) is 25.3 Å². The number of carbonyl (C=O) groups is 2. The van der Waals surface area contributed by atoms with Crippen molar-refractivity contribution in [1.29, 1.82) is 0 Å². The normalized spacial score (nSPS) is 11.5. The standard InChI is InChI=1S/C10H12BNO4/c1-3-5-7(8(13)6-4-2)9(14)12-11-10(15)16/h3-6,11,13H,1-2H2,(H,12,14)(H,15,16)/b7-5+,8-6+. The molecule has 3 N–H and O–H groups in total. The van der Waals surface area contributed by atoms with Crippen LogP contribution in [-0.4, -0.2) is 29.4 Å². The maximum atomic E-state index is 11.4. The van der Waals surface area contributed by atoms with E-state index in [4.69, 9.17) is 5.11 Å². The van der Waals surface area contributed by atoms with Gasteiger partial charge in [0.25, 0.3) is 5.87 Å². The Morgan fingerprint density at radius 1 is 1.12 bits per heavy atom. The topological polar surface area (TPSA) is 86.6 Å². The number of hydrogen-bond donors (Lipinski definition) is 3. The van der Waals surface area contributed by atoms with Gasteiger partial charge in [-0.15, -0.1) is 0 Å². The third-order valence-electron chi connectivity index (χ3n) is 1.48. The van der Waals surface area contributed by atoms with E-state index >= 15 is 0 Å². The molecule has 0 aromatic heterocycles. The molecule has 0 saturated carbocycles. The van der Waals surface area contributed by atoms with Crippen molar-refractivity contribution in [2.24, 2.45) is 0 Å². The maximum absolute atomic E-state index is 11.4. The van der Waals surface area contributed by atoms with Crippen molar-refractivity contribution in [3.63, 3.8) is 0 Å². The molecule has 0 fully saturated rings. The first-order valence-electron chi connectivity index (χ1n) is 4.37. The van der Waals surface area contributed by atoms with Crippen LogP contribution in [0.25, 0.3) is 0 Å². The van der Waals surface area contributed by atoms with E-state index < -0.39 is 19.2 Å². The Morgan fingerprint density at radius 2 is 1.69 bits per heavy atom. The molecule has 0 aromatic carbocycles. The molecular weight excluding hydrogens is 209 g/mol. The molecule has 5 nitrogen and oxygen atoms in total. The second-order valence-electron chi connectivity index (χ2n) is 2.68. The van der Waals surface area contributed by atoms with E-state index in [0.29, 0.717) is 0 Å². The van der Waals surface area contributed by atoms with Crippen molar-refractivity contribution in [2.45, 2.75) is 0 Å². The van der Waals surface area contributed by atoms with Gasteiger partial charge < -0.3 is 15.4 Å². The highest BCUT2D eigenvalue weighted by Gasteiger charge is 2.14. The number of allylic oxidation sites excluding steroid dienone is 4. The molecule has 0 aliphatic carbocycles. The molecule has 0 rings (SSSR count). The van der Waals surface area contributed by atoms with Gasteiger partial charge in [0.1, 0.15) is 5.76 Å². The van der Waals surface area contributed by atoms with E-state index in [1.54, 1.807) is 0 Å². The third-order valence-corrected chi connectivity index (χ3v) is 1.48. The zero-order valence-corrected chi connectivity index (χ0v) is 8.64. The number of aliphatic hydroxyl groups is 1. The Hall–Kier alpha value is -2.24. The van der Waals surface area contributed by atoms with E-state index in [2.05, 4.69) is 18.4 Å². The lowest BCUT2D eigenvalue weighted by molar-refractivity contribution is -0.115. The highest BCUT2D eigenvalue weighted by molar-refractivity contribution is 6.71. The van der Waals surface area contributed by atoms with Crippen LogP contribution in [0.1, 0.15) is 0 Å². The molecule has 0 unspecified atom stereocenters. The van der Waals surface area contributed by atoms with Crippen LogP contribution in [0.15, 0.2) is 48.8 Å². The Kier molecular flexibility index (Phi) is 6.12. The molecule has 0 radical (unpaired) electrons. The zero-order valence-electron chi connectivity index (χ0n) is 8.64. The summed E-state index contributed by atoms with van der Waals surface area (Å²) in [5.41, 5.74) is -0.0730. The first kappa shape index (κ1) is 13.8. The predicted molar refractivity (Wildman–Crippen MR) is 62.5 cm³/mol. The summed E-state index contributed by atoms with van der Waals surface area (Å²) in [7, 11) is -0.519. The van der Waals surface area contributed by atoms with E-state index in [-0.39, 0.29) is 11.3 Å². The summed E-state index contributed by atoms with van der Waals surface area (Å²) in [6.45, 7) is 6.75. The molecule has 0 aromatic rings. The minimum absolute atomic E-state index is 0.0730. The molecule has 0 saturated heterocycles. The monoisotopic (exact) mass is 221 g/mol. The minimum Gasteiger partial charge on any atom is -0.507 e.